The average molecular weight is 352 g/mol. The minimum Gasteiger partial charge on any atom is -0.426 e. The van der Waals surface area contributed by atoms with Crippen LogP contribution >= 0.6 is 11.6 Å². The van der Waals surface area contributed by atoms with Crippen molar-refractivity contribution in [3.05, 3.63) is 40.2 Å². The highest BCUT2D eigenvalue weighted by Crippen LogP contribution is 2.21. The number of carbonyl (C=O) groups is 2. The Bertz CT molecular complexity index is 812. The first-order chi connectivity index (χ1) is 11.4. The molecular formula is C17H18ClNO5. The van der Waals surface area contributed by atoms with Gasteiger partial charge in [-0.1, -0.05) is 0 Å². The van der Waals surface area contributed by atoms with Gasteiger partial charge in [0.2, 0.25) is 0 Å². The van der Waals surface area contributed by atoms with Crippen molar-refractivity contribution in [1.82, 2.24) is 5.32 Å². The van der Waals surface area contributed by atoms with Gasteiger partial charge in [-0.25, -0.2) is 4.79 Å². The van der Waals surface area contributed by atoms with Crippen LogP contribution in [0.1, 0.15) is 37.0 Å². The lowest BCUT2D eigenvalue weighted by Gasteiger charge is -2.08. The second-order valence-electron chi connectivity index (χ2n) is 5.54. The van der Waals surface area contributed by atoms with Gasteiger partial charge in [-0.2, -0.15) is 0 Å². The van der Waals surface area contributed by atoms with Gasteiger partial charge >= 0.3 is 11.6 Å². The number of rotatable bonds is 6. The molecule has 0 aliphatic rings. The highest BCUT2D eigenvalue weighted by Gasteiger charge is 2.15. The summed E-state index contributed by atoms with van der Waals surface area (Å²) in [7, 11) is 0. The molecule has 0 aliphatic carbocycles. The fourth-order valence-corrected chi connectivity index (χ4v) is 2.18. The number of benzene rings is 1. The molecule has 0 saturated carbocycles. The SMILES string of the molecule is CC(C)NC(=O)c1cc2ccc(OC(=O)CCCCl)cc2oc1=O. The monoisotopic (exact) mass is 351 g/mol. The average Bonchev–Trinajstić information content (AvgIpc) is 2.51. The minimum atomic E-state index is -0.744. The van der Waals surface area contributed by atoms with Crippen molar-refractivity contribution < 1.29 is 18.7 Å². The first-order valence-electron chi connectivity index (χ1n) is 7.56. The maximum Gasteiger partial charge on any atom is 0.349 e. The molecule has 1 aromatic heterocycles. The van der Waals surface area contributed by atoms with E-state index in [1.807, 2.05) is 0 Å². The van der Waals surface area contributed by atoms with Gasteiger partial charge in [-0.15, -0.1) is 11.6 Å². The van der Waals surface area contributed by atoms with Crippen molar-refractivity contribution in [2.24, 2.45) is 0 Å². The van der Waals surface area contributed by atoms with Crippen LogP contribution in [0.2, 0.25) is 0 Å². The number of fused-ring (bicyclic) bond motifs is 1. The Labute approximate surface area is 143 Å². The number of nitrogens with one attached hydrogen (secondary N) is 1. The lowest BCUT2D eigenvalue weighted by molar-refractivity contribution is -0.134. The van der Waals surface area contributed by atoms with Crippen molar-refractivity contribution >= 4 is 34.4 Å². The summed E-state index contributed by atoms with van der Waals surface area (Å²) in [6.45, 7) is 3.59. The molecule has 6 nitrogen and oxygen atoms in total. The molecule has 0 bridgehead atoms. The largest absolute Gasteiger partial charge is 0.426 e. The third kappa shape index (κ3) is 4.58. The maximum absolute atomic E-state index is 12.0. The van der Waals surface area contributed by atoms with Crippen LogP contribution in [0.3, 0.4) is 0 Å². The number of carbonyl (C=O) groups excluding carboxylic acids is 2. The van der Waals surface area contributed by atoms with Crippen LogP contribution in [-0.4, -0.2) is 23.8 Å². The van der Waals surface area contributed by atoms with E-state index in [0.29, 0.717) is 17.7 Å². The fraction of sp³-hybridized carbons (Fsp3) is 0.353. The van der Waals surface area contributed by atoms with Crippen molar-refractivity contribution in [2.75, 3.05) is 5.88 Å². The Kier molecular flexibility index (Phi) is 5.98. The van der Waals surface area contributed by atoms with Gasteiger partial charge in [-0.3, -0.25) is 9.59 Å². The topological polar surface area (TPSA) is 85.6 Å². The molecule has 2 rings (SSSR count). The predicted molar refractivity (Wildman–Crippen MR) is 90.7 cm³/mol. The van der Waals surface area contributed by atoms with E-state index in [2.05, 4.69) is 5.32 Å². The molecule has 24 heavy (non-hydrogen) atoms. The standard InChI is InChI=1S/C17H18ClNO5/c1-10(2)19-16(21)13-8-11-5-6-12(9-14(11)24-17(13)22)23-15(20)4-3-7-18/h5-6,8-10H,3-4,7H2,1-2H3,(H,19,21). The normalized spacial score (nSPS) is 10.8. The van der Waals surface area contributed by atoms with Gasteiger partial charge in [0.15, 0.2) is 0 Å². The molecule has 7 heteroatoms. The Morgan fingerprint density at radius 1 is 1.29 bits per heavy atom. The molecule has 2 aromatic rings. The van der Waals surface area contributed by atoms with Gasteiger partial charge in [0, 0.05) is 29.8 Å². The number of alkyl halides is 1. The smallest absolute Gasteiger partial charge is 0.349 e. The van der Waals surface area contributed by atoms with E-state index in [9.17, 15) is 14.4 Å². The van der Waals surface area contributed by atoms with E-state index in [1.165, 1.54) is 12.1 Å². The zero-order valence-corrected chi connectivity index (χ0v) is 14.2. The zero-order valence-electron chi connectivity index (χ0n) is 13.4. The van der Waals surface area contributed by atoms with Crippen LogP contribution in [0.5, 0.6) is 5.75 Å². The molecule has 1 heterocycles. The molecular weight excluding hydrogens is 334 g/mol. The third-order valence-corrected chi connectivity index (χ3v) is 3.39. The Morgan fingerprint density at radius 3 is 2.71 bits per heavy atom. The number of esters is 1. The maximum atomic E-state index is 12.0. The predicted octanol–water partition coefficient (Wildman–Crippen LogP) is 2.86. The van der Waals surface area contributed by atoms with E-state index < -0.39 is 17.5 Å². The first kappa shape index (κ1) is 18.0. The molecule has 0 atom stereocenters. The molecule has 1 aromatic carbocycles. The second kappa shape index (κ2) is 7.97. The molecule has 0 unspecified atom stereocenters. The number of amides is 1. The van der Waals surface area contributed by atoms with Crippen molar-refractivity contribution in [3.8, 4) is 5.75 Å². The number of halogens is 1. The number of ether oxygens (including phenoxy) is 1. The summed E-state index contributed by atoms with van der Waals surface area (Å²) in [4.78, 5) is 35.6. The van der Waals surface area contributed by atoms with Crippen LogP contribution in [0.4, 0.5) is 0 Å². The Hall–Kier alpha value is -2.34. The van der Waals surface area contributed by atoms with Gasteiger partial charge in [0.05, 0.1) is 0 Å². The molecule has 0 saturated heterocycles. The quantitative estimate of drug-likeness (QED) is 0.374. The van der Waals surface area contributed by atoms with E-state index in [0.717, 1.165) is 0 Å². The molecule has 0 aliphatic heterocycles. The molecule has 0 fully saturated rings. The molecule has 0 spiro atoms. The summed E-state index contributed by atoms with van der Waals surface area (Å²) < 4.78 is 10.3. The van der Waals surface area contributed by atoms with Crippen LogP contribution in [0.15, 0.2) is 33.5 Å². The van der Waals surface area contributed by atoms with Crippen LogP contribution in [0, 0.1) is 0 Å². The Balaban J connectivity index is 2.27. The first-order valence-corrected chi connectivity index (χ1v) is 8.09. The summed E-state index contributed by atoms with van der Waals surface area (Å²) in [6.07, 6.45) is 0.733. The van der Waals surface area contributed by atoms with Crippen LogP contribution in [-0.2, 0) is 4.79 Å². The summed E-state index contributed by atoms with van der Waals surface area (Å²) in [5.74, 6) is -0.254. The summed E-state index contributed by atoms with van der Waals surface area (Å²) >= 11 is 5.53. The Morgan fingerprint density at radius 2 is 2.04 bits per heavy atom. The van der Waals surface area contributed by atoms with Crippen LogP contribution in [0.25, 0.3) is 11.0 Å². The number of hydrogen-bond acceptors (Lipinski definition) is 5. The lowest BCUT2D eigenvalue weighted by atomic mass is 10.1. The number of hydrogen-bond donors (Lipinski definition) is 1. The molecule has 1 N–H and O–H groups in total. The van der Waals surface area contributed by atoms with Crippen LogP contribution < -0.4 is 15.7 Å². The summed E-state index contributed by atoms with van der Waals surface area (Å²) in [6, 6.07) is 6.00. The van der Waals surface area contributed by atoms with E-state index >= 15 is 0 Å². The van der Waals surface area contributed by atoms with E-state index in [1.54, 1.807) is 26.0 Å². The lowest BCUT2D eigenvalue weighted by Crippen LogP contribution is -2.33. The highest BCUT2D eigenvalue weighted by atomic mass is 35.5. The zero-order chi connectivity index (χ0) is 17.7. The molecule has 1 amide bonds. The highest BCUT2D eigenvalue weighted by molar-refractivity contribution is 6.17. The van der Waals surface area contributed by atoms with Gasteiger partial charge in [0.25, 0.3) is 5.91 Å². The fourth-order valence-electron chi connectivity index (χ4n) is 2.05. The van der Waals surface area contributed by atoms with E-state index in [4.69, 9.17) is 20.8 Å². The summed E-state index contributed by atoms with van der Waals surface area (Å²) in [5, 5.41) is 3.20. The van der Waals surface area contributed by atoms with Crippen molar-refractivity contribution in [3.63, 3.8) is 0 Å². The van der Waals surface area contributed by atoms with Gasteiger partial charge < -0.3 is 14.5 Å². The van der Waals surface area contributed by atoms with Crippen molar-refractivity contribution in [2.45, 2.75) is 32.7 Å². The molecule has 0 radical (unpaired) electrons. The minimum absolute atomic E-state index is 0.0666. The second-order valence-corrected chi connectivity index (χ2v) is 5.92. The summed E-state index contributed by atoms with van der Waals surface area (Å²) in [5.41, 5.74) is -0.571. The van der Waals surface area contributed by atoms with Gasteiger partial charge in [-0.05, 0) is 38.5 Å². The molecule has 128 valence electrons. The van der Waals surface area contributed by atoms with Gasteiger partial charge in [0.1, 0.15) is 16.9 Å². The third-order valence-electron chi connectivity index (χ3n) is 3.12. The van der Waals surface area contributed by atoms with Crippen molar-refractivity contribution in [1.29, 1.82) is 0 Å². The van der Waals surface area contributed by atoms with E-state index in [-0.39, 0.29) is 29.4 Å².